The summed E-state index contributed by atoms with van der Waals surface area (Å²) in [5.74, 6) is -0.426. The highest BCUT2D eigenvalue weighted by Crippen LogP contribution is 2.18. The second kappa shape index (κ2) is 8.30. The van der Waals surface area contributed by atoms with Gasteiger partial charge < -0.3 is 16.4 Å². The van der Waals surface area contributed by atoms with Gasteiger partial charge in [0.2, 0.25) is 5.95 Å². The lowest BCUT2D eigenvalue weighted by atomic mass is 10.1. The van der Waals surface area contributed by atoms with Crippen molar-refractivity contribution >= 4 is 29.1 Å². The topological polar surface area (TPSA) is 110 Å². The molecule has 2 aromatic carbocycles. The predicted molar refractivity (Wildman–Crippen MR) is 109 cm³/mol. The van der Waals surface area contributed by atoms with Crippen molar-refractivity contribution in [1.29, 1.82) is 0 Å². The third-order valence-electron chi connectivity index (χ3n) is 4.29. The van der Waals surface area contributed by atoms with Crippen LogP contribution in [-0.4, -0.2) is 21.8 Å². The van der Waals surface area contributed by atoms with E-state index in [1.54, 1.807) is 30.3 Å². The first-order valence-corrected chi connectivity index (χ1v) is 8.86. The van der Waals surface area contributed by atoms with Crippen LogP contribution in [0.2, 0.25) is 0 Å². The largest absolute Gasteiger partial charge is 0.368 e. The van der Waals surface area contributed by atoms with Crippen molar-refractivity contribution in [3.8, 4) is 0 Å². The number of hydrogen-bond donors (Lipinski definition) is 3. The van der Waals surface area contributed by atoms with Crippen molar-refractivity contribution in [1.82, 2.24) is 9.97 Å². The number of aryl methyl sites for hydroxylation is 2. The van der Waals surface area contributed by atoms with E-state index in [0.717, 1.165) is 17.5 Å². The summed E-state index contributed by atoms with van der Waals surface area (Å²) in [6.45, 7) is 3.88. The third-order valence-corrected chi connectivity index (χ3v) is 4.29. The molecular formula is C21H21N5O2. The SMILES string of the molecule is CCc1ccc(C(=O)Nc2ccc(C)c(C(=O)Nc3cnc(N)nc3)c2)cc1. The molecule has 1 aromatic heterocycles. The molecule has 0 aliphatic heterocycles. The van der Waals surface area contributed by atoms with Gasteiger partial charge >= 0.3 is 0 Å². The summed E-state index contributed by atoms with van der Waals surface area (Å²) in [4.78, 5) is 32.7. The number of aromatic nitrogens is 2. The minimum Gasteiger partial charge on any atom is -0.368 e. The van der Waals surface area contributed by atoms with Crippen LogP contribution >= 0.6 is 0 Å². The molecule has 3 rings (SSSR count). The van der Waals surface area contributed by atoms with Crippen LogP contribution in [0.15, 0.2) is 54.9 Å². The van der Waals surface area contributed by atoms with Gasteiger partial charge in [0.25, 0.3) is 11.8 Å². The molecule has 28 heavy (non-hydrogen) atoms. The summed E-state index contributed by atoms with van der Waals surface area (Å²) >= 11 is 0. The normalized spacial score (nSPS) is 10.4. The lowest BCUT2D eigenvalue weighted by Gasteiger charge is -2.11. The summed E-state index contributed by atoms with van der Waals surface area (Å²) in [6.07, 6.45) is 3.78. The van der Waals surface area contributed by atoms with Crippen LogP contribution in [-0.2, 0) is 6.42 Å². The first-order chi connectivity index (χ1) is 13.5. The number of hydrogen-bond acceptors (Lipinski definition) is 5. The number of anilines is 3. The van der Waals surface area contributed by atoms with Crippen LogP contribution < -0.4 is 16.4 Å². The van der Waals surface area contributed by atoms with Crippen LogP contribution in [0.4, 0.5) is 17.3 Å². The number of nitrogens with one attached hydrogen (secondary N) is 2. The molecule has 0 bridgehead atoms. The molecular weight excluding hydrogens is 354 g/mol. The number of nitrogens with zero attached hydrogens (tertiary/aromatic N) is 2. The van der Waals surface area contributed by atoms with Crippen molar-refractivity contribution in [3.63, 3.8) is 0 Å². The van der Waals surface area contributed by atoms with E-state index in [2.05, 4.69) is 27.5 Å². The Labute approximate surface area is 163 Å². The van der Waals surface area contributed by atoms with Gasteiger partial charge in [0.05, 0.1) is 18.1 Å². The third kappa shape index (κ3) is 4.50. The van der Waals surface area contributed by atoms with Crippen molar-refractivity contribution in [2.75, 3.05) is 16.4 Å². The minimum absolute atomic E-state index is 0.130. The second-order valence-electron chi connectivity index (χ2n) is 6.32. The lowest BCUT2D eigenvalue weighted by molar-refractivity contribution is 0.101. The number of rotatable bonds is 5. The highest BCUT2D eigenvalue weighted by molar-refractivity contribution is 6.08. The van der Waals surface area contributed by atoms with Gasteiger partial charge in [-0.25, -0.2) is 9.97 Å². The zero-order valence-electron chi connectivity index (χ0n) is 15.7. The molecule has 0 saturated heterocycles. The summed E-state index contributed by atoms with van der Waals surface area (Å²) < 4.78 is 0. The summed E-state index contributed by atoms with van der Waals surface area (Å²) in [5.41, 5.74) is 9.36. The monoisotopic (exact) mass is 375 g/mol. The summed E-state index contributed by atoms with van der Waals surface area (Å²) in [5, 5.41) is 5.55. The van der Waals surface area contributed by atoms with Gasteiger partial charge in [0.15, 0.2) is 0 Å². The van der Waals surface area contributed by atoms with E-state index in [-0.39, 0.29) is 17.8 Å². The molecule has 1 heterocycles. The van der Waals surface area contributed by atoms with E-state index in [4.69, 9.17) is 5.73 Å². The van der Waals surface area contributed by atoms with Crippen LogP contribution in [0.1, 0.15) is 38.8 Å². The molecule has 0 saturated carbocycles. The molecule has 142 valence electrons. The van der Waals surface area contributed by atoms with E-state index in [1.807, 2.05) is 19.1 Å². The lowest BCUT2D eigenvalue weighted by Crippen LogP contribution is -2.16. The summed E-state index contributed by atoms with van der Waals surface area (Å²) in [6, 6.07) is 12.6. The van der Waals surface area contributed by atoms with Crippen molar-refractivity contribution in [2.24, 2.45) is 0 Å². The quantitative estimate of drug-likeness (QED) is 0.633. The number of carbonyl (C=O) groups excluding carboxylic acids is 2. The van der Waals surface area contributed by atoms with E-state index >= 15 is 0 Å². The highest BCUT2D eigenvalue weighted by Gasteiger charge is 2.13. The van der Waals surface area contributed by atoms with Crippen LogP contribution in [0, 0.1) is 6.92 Å². The van der Waals surface area contributed by atoms with E-state index in [1.165, 1.54) is 12.4 Å². The Morgan fingerprint density at radius 3 is 2.21 bits per heavy atom. The molecule has 7 nitrogen and oxygen atoms in total. The molecule has 2 amide bonds. The van der Waals surface area contributed by atoms with Crippen LogP contribution in [0.5, 0.6) is 0 Å². The number of nitrogen functional groups attached to an aromatic ring is 1. The number of nitrogens with two attached hydrogens (primary N) is 1. The molecule has 0 fully saturated rings. The Kier molecular flexibility index (Phi) is 5.64. The van der Waals surface area contributed by atoms with Gasteiger partial charge in [-0.2, -0.15) is 0 Å². The first-order valence-electron chi connectivity index (χ1n) is 8.86. The minimum atomic E-state index is -0.325. The average molecular weight is 375 g/mol. The maximum absolute atomic E-state index is 12.6. The predicted octanol–water partition coefficient (Wildman–Crippen LogP) is 3.43. The number of amides is 2. The van der Waals surface area contributed by atoms with Crippen LogP contribution in [0.3, 0.4) is 0 Å². The Balaban J connectivity index is 1.75. The van der Waals surface area contributed by atoms with Gasteiger partial charge in [-0.1, -0.05) is 25.1 Å². The highest BCUT2D eigenvalue weighted by atomic mass is 16.2. The molecule has 7 heteroatoms. The zero-order chi connectivity index (χ0) is 20.1. The Bertz CT molecular complexity index is 998. The Morgan fingerprint density at radius 1 is 0.929 bits per heavy atom. The fourth-order valence-electron chi connectivity index (χ4n) is 2.64. The Hall–Kier alpha value is -3.74. The zero-order valence-corrected chi connectivity index (χ0v) is 15.7. The average Bonchev–Trinajstić information content (AvgIpc) is 2.71. The first kappa shape index (κ1) is 19.0. The van der Waals surface area contributed by atoms with Crippen molar-refractivity contribution < 1.29 is 9.59 Å². The standard InChI is InChI=1S/C21H21N5O2/c1-3-14-5-7-15(8-6-14)19(27)25-16-9-4-13(2)18(10-16)20(28)26-17-11-23-21(22)24-12-17/h4-12H,3H2,1-2H3,(H,25,27)(H,26,28)(H2,22,23,24). The van der Waals surface area contributed by atoms with Gasteiger partial charge in [-0.15, -0.1) is 0 Å². The van der Waals surface area contributed by atoms with Gasteiger partial charge in [0, 0.05) is 16.8 Å². The van der Waals surface area contributed by atoms with Gasteiger partial charge in [-0.05, 0) is 48.7 Å². The number of benzene rings is 2. The summed E-state index contributed by atoms with van der Waals surface area (Å²) in [7, 11) is 0. The second-order valence-corrected chi connectivity index (χ2v) is 6.32. The fraction of sp³-hybridized carbons (Fsp3) is 0.143. The number of carbonyl (C=O) groups is 2. The van der Waals surface area contributed by atoms with Gasteiger partial charge in [-0.3, -0.25) is 9.59 Å². The van der Waals surface area contributed by atoms with E-state index in [0.29, 0.717) is 22.5 Å². The van der Waals surface area contributed by atoms with E-state index in [9.17, 15) is 9.59 Å². The molecule has 0 unspecified atom stereocenters. The smallest absolute Gasteiger partial charge is 0.256 e. The molecule has 4 N–H and O–H groups in total. The molecule has 0 aliphatic rings. The van der Waals surface area contributed by atoms with E-state index < -0.39 is 0 Å². The fourth-order valence-corrected chi connectivity index (χ4v) is 2.64. The molecule has 0 aliphatic carbocycles. The maximum atomic E-state index is 12.6. The van der Waals surface area contributed by atoms with Gasteiger partial charge in [0.1, 0.15) is 0 Å². The molecule has 0 radical (unpaired) electrons. The molecule has 3 aromatic rings. The van der Waals surface area contributed by atoms with Crippen molar-refractivity contribution in [3.05, 3.63) is 77.1 Å². The molecule has 0 atom stereocenters. The Morgan fingerprint density at radius 2 is 1.57 bits per heavy atom. The van der Waals surface area contributed by atoms with Crippen LogP contribution in [0.25, 0.3) is 0 Å². The van der Waals surface area contributed by atoms with Crippen molar-refractivity contribution in [2.45, 2.75) is 20.3 Å². The maximum Gasteiger partial charge on any atom is 0.256 e. The molecule has 0 spiro atoms.